The van der Waals surface area contributed by atoms with E-state index in [-0.39, 0.29) is 5.91 Å². The summed E-state index contributed by atoms with van der Waals surface area (Å²) in [6.45, 7) is 1.79. The minimum Gasteiger partial charge on any atom is -0.345 e. The molecule has 0 atom stereocenters. The van der Waals surface area contributed by atoms with E-state index in [0.29, 0.717) is 22.8 Å². The van der Waals surface area contributed by atoms with Gasteiger partial charge in [0.25, 0.3) is 5.91 Å². The molecular weight excluding hydrogens is 340 g/mol. The normalized spacial score (nSPS) is 10.6. The second-order valence-corrected chi connectivity index (χ2v) is 5.93. The molecule has 0 unspecified atom stereocenters. The highest BCUT2D eigenvalue weighted by Crippen LogP contribution is 2.21. The Morgan fingerprint density at radius 3 is 2.67 bits per heavy atom. The summed E-state index contributed by atoms with van der Waals surface area (Å²) in [4.78, 5) is 32.5. The highest BCUT2D eigenvalue weighted by atomic mass is 16.1. The van der Waals surface area contributed by atoms with Gasteiger partial charge < -0.3 is 10.3 Å². The van der Waals surface area contributed by atoms with E-state index in [1.807, 2.05) is 36.4 Å². The van der Waals surface area contributed by atoms with Crippen LogP contribution >= 0.6 is 0 Å². The van der Waals surface area contributed by atoms with Gasteiger partial charge in [0.15, 0.2) is 5.82 Å². The molecule has 3 heterocycles. The Hall–Kier alpha value is -3.87. The number of carbonyl (C=O) groups excluding carboxylic acids is 1. The summed E-state index contributed by atoms with van der Waals surface area (Å²) >= 11 is 0. The number of pyridine rings is 1. The summed E-state index contributed by atoms with van der Waals surface area (Å²) < 4.78 is 0. The molecule has 27 heavy (non-hydrogen) atoms. The minimum atomic E-state index is -0.257. The number of carbonyl (C=O) groups is 1. The molecule has 4 aromatic rings. The van der Waals surface area contributed by atoms with E-state index in [9.17, 15) is 4.79 Å². The van der Waals surface area contributed by atoms with E-state index in [1.165, 1.54) is 0 Å². The molecule has 0 saturated heterocycles. The number of H-pyrrole nitrogens is 1. The number of anilines is 1. The lowest BCUT2D eigenvalue weighted by Gasteiger charge is -2.09. The topological polar surface area (TPSA) is 96.4 Å². The van der Waals surface area contributed by atoms with Crippen LogP contribution in [0.15, 0.2) is 67.5 Å². The lowest BCUT2D eigenvalue weighted by Crippen LogP contribution is -2.15. The zero-order valence-electron chi connectivity index (χ0n) is 14.5. The van der Waals surface area contributed by atoms with Crippen LogP contribution in [-0.4, -0.2) is 30.8 Å². The number of hydrogen-bond donors (Lipinski definition) is 2. The third-order valence-electron chi connectivity index (χ3n) is 4.07. The Balaban J connectivity index is 1.56. The molecule has 7 heteroatoms. The van der Waals surface area contributed by atoms with E-state index in [4.69, 9.17) is 0 Å². The molecule has 0 saturated carbocycles. The van der Waals surface area contributed by atoms with Gasteiger partial charge in [0.1, 0.15) is 0 Å². The Morgan fingerprint density at radius 1 is 1.04 bits per heavy atom. The van der Waals surface area contributed by atoms with Gasteiger partial charge in [0, 0.05) is 35.4 Å². The SMILES string of the molecule is Cc1nc(-c2cccnc2)ncc1C(=O)Nc1cccc(-c2cnc[nH]2)c1. The molecule has 0 aliphatic carbocycles. The van der Waals surface area contributed by atoms with Crippen molar-refractivity contribution < 1.29 is 4.79 Å². The molecule has 4 rings (SSSR count). The van der Waals surface area contributed by atoms with Gasteiger partial charge in [-0.3, -0.25) is 9.78 Å². The molecule has 0 radical (unpaired) electrons. The Labute approximate surface area is 155 Å². The third kappa shape index (κ3) is 3.57. The van der Waals surface area contributed by atoms with Crippen molar-refractivity contribution in [3.63, 3.8) is 0 Å². The maximum absolute atomic E-state index is 12.7. The van der Waals surface area contributed by atoms with Crippen molar-refractivity contribution in [2.24, 2.45) is 0 Å². The number of rotatable bonds is 4. The number of benzene rings is 1. The van der Waals surface area contributed by atoms with Gasteiger partial charge in [0.2, 0.25) is 0 Å². The van der Waals surface area contributed by atoms with Crippen LogP contribution in [0.25, 0.3) is 22.6 Å². The van der Waals surface area contributed by atoms with Crippen LogP contribution < -0.4 is 5.32 Å². The fourth-order valence-electron chi connectivity index (χ4n) is 2.70. The summed E-state index contributed by atoms with van der Waals surface area (Å²) in [5.74, 6) is 0.283. The lowest BCUT2D eigenvalue weighted by molar-refractivity contribution is 0.102. The molecule has 3 aromatic heterocycles. The first-order valence-corrected chi connectivity index (χ1v) is 8.35. The van der Waals surface area contributed by atoms with Gasteiger partial charge >= 0.3 is 0 Å². The summed E-state index contributed by atoms with van der Waals surface area (Å²) in [5, 5.41) is 2.90. The van der Waals surface area contributed by atoms with E-state index < -0.39 is 0 Å². The summed E-state index contributed by atoms with van der Waals surface area (Å²) in [6, 6.07) is 11.2. The summed E-state index contributed by atoms with van der Waals surface area (Å²) in [6.07, 6.45) is 8.27. The fourth-order valence-corrected chi connectivity index (χ4v) is 2.70. The van der Waals surface area contributed by atoms with Gasteiger partial charge in [-0.1, -0.05) is 12.1 Å². The smallest absolute Gasteiger partial charge is 0.259 e. The predicted octanol–water partition coefficient (Wildman–Crippen LogP) is 3.49. The maximum Gasteiger partial charge on any atom is 0.259 e. The quantitative estimate of drug-likeness (QED) is 0.583. The zero-order valence-corrected chi connectivity index (χ0v) is 14.5. The number of imidazole rings is 1. The van der Waals surface area contributed by atoms with Crippen molar-refractivity contribution in [3.8, 4) is 22.6 Å². The van der Waals surface area contributed by atoms with E-state index in [2.05, 4.69) is 30.2 Å². The molecule has 7 nitrogen and oxygen atoms in total. The van der Waals surface area contributed by atoms with Crippen molar-refractivity contribution in [1.29, 1.82) is 0 Å². The summed E-state index contributed by atoms with van der Waals surface area (Å²) in [5.41, 5.74) is 4.33. The average molecular weight is 356 g/mol. The first-order chi connectivity index (χ1) is 13.2. The highest BCUT2D eigenvalue weighted by molar-refractivity contribution is 6.05. The zero-order chi connectivity index (χ0) is 18.6. The Morgan fingerprint density at radius 2 is 1.93 bits per heavy atom. The number of aromatic nitrogens is 5. The second kappa shape index (κ2) is 7.17. The fraction of sp³-hybridized carbons (Fsp3) is 0.0500. The number of nitrogens with zero attached hydrogens (tertiary/aromatic N) is 4. The van der Waals surface area contributed by atoms with E-state index in [1.54, 1.807) is 38.0 Å². The molecule has 132 valence electrons. The number of hydrogen-bond acceptors (Lipinski definition) is 5. The van der Waals surface area contributed by atoms with Gasteiger partial charge in [-0.05, 0) is 31.2 Å². The predicted molar refractivity (Wildman–Crippen MR) is 102 cm³/mol. The first kappa shape index (κ1) is 16.6. The van der Waals surface area contributed by atoms with E-state index >= 15 is 0 Å². The maximum atomic E-state index is 12.7. The molecule has 0 bridgehead atoms. The van der Waals surface area contributed by atoms with Gasteiger partial charge in [-0.25, -0.2) is 15.0 Å². The molecule has 1 amide bonds. The van der Waals surface area contributed by atoms with Crippen LogP contribution in [0.2, 0.25) is 0 Å². The van der Waals surface area contributed by atoms with Crippen LogP contribution in [0.1, 0.15) is 16.1 Å². The molecule has 0 aliphatic heterocycles. The van der Waals surface area contributed by atoms with Crippen LogP contribution in [0.3, 0.4) is 0 Å². The van der Waals surface area contributed by atoms with Crippen molar-refractivity contribution in [2.75, 3.05) is 5.32 Å². The molecule has 1 aromatic carbocycles. The monoisotopic (exact) mass is 356 g/mol. The van der Waals surface area contributed by atoms with Crippen LogP contribution in [-0.2, 0) is 0 Å². The van der Waals surface area contributed by atoms with E-state index in [0.717, 1.165) is 16.8 Å². The third-order valence-corrected chi connectivity index (χ3v) is 4.07. The first-order valence-electron chi connectivity index (χ1n) is 8.35. The van der Waals surface area contributed by atoms with Gasteiger partial charge in [-0.2, -0.15) is 0 Å². The largest absolute Gasteiger partial charge is 0.345 e. The van der Waals surface area contributed by atoms with Crippen molar-refractivity contribution in [1.82, 2.24) is 24.9 Å². The Kier molecular flexibility index (Phi) is 4.40. The standard InChI is InChI=1S/C20H16N6O/c1-13-17(10-23-19(25-13)15-5-3-7-21-9-15)20(27)26-16-6-2-4-14(8-16)18-11-22-12-24-18/h2-12H,1H3,(H,22,24)(H,26,27). The highest BCUT2D eigenvalue weighted by Gasteiger charge is 2.13. The number of aryl methyl sites for hydroxylation is 1. The molecule has 0 aliphatic rings. The second-order valence-electron chi connectivity index (χ2n) is 5.93. The van der Waals surface area contributed by atoms with Crippen molar-refractivity contribution >= 4 is 11.6 Å². The lowest BCUT2D eigenvalue weighted by atomic mass is 10.1. The van der Waals surface area contributed by atoms with Gasteiger partial charge in [0.05, 0.1) is 29.5 Å². The van der Waals surface area contributed by atoms with Crippen molar-refractivity contribution in [3.05, 3.63) is 78.8 Å². The Bertz CT molecular complexity index is 1080. The summed E-state index contributed by atoms with van der Waals surface area (Å²) in [7, 11) is 0. The van der Waals surface area contributed by atoms with Crippen molar-refractivity contribution in [2.45, 2.75) is 6.92 Å². The molecule has 2 N–H and O–H groups in total. The molecule has 0 fully saturated rings. The number of aromatic amines is 1. The number of amides is 1. The number of nitrogens with one attached hydrogen (secondary N) is 2. The molecule has 0 spiro atoms. The molecular formula is C20H16N6O. The van der Waals surface area contributed by atoms with Gasteiger partial charge in [-0.15, -0.1) is 0 Å². The van der Waals surface area contributed by atoms with Crippen LogP contribution in [0, 0.1) is 6.92 Å². The van der Waals surface area contributed by atoms with Crippen LogP contribution in [0.5, 0.6) is 0 Å². The van der Waals surface area contributed by atoms with Crippen LogP contribution in [0.4, 0.5) is 5.69 Å². The minimum absolute atomic E-state index is 0.257. The average Bonchev–Trinajstić information content (AvgIpc) is 3.23.